The number of hydrogen-bond donors (Lipinski definition) is 0. The van der Waals surface area contributed by atoms with E-state index in [1.165, 1.54) is 5.30 Å². The molecule has 4 heteroatoms. The normalized spacial score (nSPS) is 21.6. The first-order chi connectivity index (χ1) is 8.37. The van der Waals surface area contributed by atoms with Crippen molar-refractivity contribution in [2.45, 2.75) is 52.9 Å². The van der Waals surface area contributed by atoms with Gasteiger partial charge in [-0.1, -0.05) is 58.0 Å². The van der Waals surface area contributed by atoms with E-state index in [4.69, 9.17) is 0 Å². The number of benzene rings is 1. The molecule has 1 aromatic carbocycles. The molecule has 0 unspecified atom stereocenters. The first-order valence-corrected chi connectivity index (χ1v) is 10.9. The Morgan fingerprint density at radius 1 is 0.889 bits per heavy atom. The topological polar surface area (TPSA) is 6.48 Å². The molecule has 0 spiro atoms. The molecule has 0 amide bonds. The molecular formula is C14H25N2PSi. The summed E-state index contributed by atoms with van der Waals surface area (Å²) in [6.07, 6.45) is 0. The van der Waals surface area contributed by atoms with Crippen LogP contribution < -0.4 is 5.30 Å². The van der Waals surface area contributed by atoms with Crippen LogP contribution in [0.4, 0.5) is 0 Å². The van der Waals surface area contributed by atoms with Crippen LogP contribution in [-0.4, -0.2) is 29.2 Å². The molecule has 2 nitrogen and oxygen atoms in total. The molecule has 1 saturated heterocycles. The highest BCUT2D eigenvalue weighted by molar-refractivity contribution is 7.69. The van der Waals surface area contributed by atoms with E-state index in [0.717, 1.165) is 0 Å². The lowest BCUT2D eigenvalue weighted by Crippen LogP contribution is -2.73. The molecule has 1 fully saturated rings. The minimum atomic E-state index is -1.39. The Kier molecular flexibility index (Phi) is 3.98. The molecule has 0 aliphatic carbocycles. The summed E-state index contributed by atoms with van der Waals surface area (Å²) in [5, 5.41) is 1.50. The lowest BCUT2D eigenvalue weighted by atomic mass is 10.4. The average molecular weight is 280 g/mol. The van der Waals surface area contributed by atoms with E-state index in [1.807, 2.05) is 0 Å². The summed E-state index contributed by atoms with van der Waals surface area (Å²) in [6, 6.07) is 12.3. The highest BCUT2D eigenvalue weighted by atomic mass is 31.1. The van der Waals surface area contributed by atoms with Gasteiger partial charge < -0.3 is 0 Å². The first kappa shape index (κ1) is 14.2. The fourth-order valence-electron chi connectivity index (χ4n) is 3.15. The van der Waals surface area contributed by atoms with E-state index in [0.29, 0.717) is 12.1 Å². The molecule has 1 aliphatic rings. The molecule has 0 atom stereocenters. The molecule has 2 rings (SSSR count). The third-order valence-corrected chi connectivity index (χ3v) is 13.3. The van der Waals surface area contributed by atoms with Crippen LogP contribution >= 0.6 is 8.22 Å². The van der Waals surface area contributed by atoms with Crippen molar-refractivity contribution in [2.24, 2.45) is 0 Å². The first-order valence-electron chi connectivity index (χ1n) is 6.81. The monoisotopic (exact) mass is 280 g/mol. The van der Waals surface area contributed by atoms with E-state index in [-0.39, 0.29) is 8.22 Å². The zero-order valence-electron chi connectivity index (χ0n) is 12.4. The standard InChI is InChI=1S/C14H25N2PSi/c1-12(2)15-17(14-10-8-7-9-11-14)16(13(3)4)18(15,5)6/h7-13H,1-6H3. The Morgan fingerprint density at radius 2 is 1.33 bits per heavy atom. The number of nitrogens with zero attached hydrogens (tertiary/aromatic N) is 2. The molecule has 0 aromatic heterocycles. The molecule has 1 aliphatic heterocycles. The van der Waals surface area contributed by atoms with Crippen molar-refractivity contribution >= 4 is 21.9 Å². The average Bonchev–Trinajstić information content (AvgIpc) is 2.26. The Morgan fingerprint density at radius 3 is 1.72 bits per heavy atom. The van der Waals surface area contributed by atoms with E-state index in [9.17, 15) is 0 Å². The van der Waals surface area contributed by atoms with Gasteiger partial charge in [-0.2, -0.15) is 0 Å². The third kappa shape index (κ3) is 2.18. The van der Waals surface area contributed by atoms with Crippen LogP contribution in [0, 0.1) is 0 Å². The maximum absolute atomic E-state index is 2.80. The van der Waals surface area contributed by atoms with Gasteiger partial charge in [-0.25, -0.2) is 0 Å². The van der Waals surface area contributed by atoms with Crippen LogP contribution in [0.15, 0.2) is 30.3 Å². The summed E-state index contributed by atoms with van der Waals surface area (Å²) in [4.78, 5) is 0. The fraction of sp³-hybridized carbons (Fsp3) is 0.571. The zero-order chi connectivity index (χ0) is 13.5. The van der Waals surface area contributed by atoms with Gasteiger partial charge in [0.15, 0.2) is 0 Å². The van der Waals surface area contributed by atoms with Gasteiger partial charge in [0.2, 0.25) is 8.40 Å². The number of rotatable bonds is 3. The second kappa shape index (κ2) is 5.05. The van der Waals surface area contributed by atoms with Crippen LogP contribution in [-0.2, 0) is 0 Å². The maximum Gasteiger partial charge on any atom is 0.210 e. The zero-order valence-corrected chi connectivity index (χ0v) is 14.3. The summed E-state index contributed by atoms with van der Waals surface area (Å²) in [5.41, 5.74) is 0. The highest BCUT2D eigenvalue weighted by Gasteiger charge is 2.57. The quantitative estimate of drug-likeness (QED) is 0.614. The maximum atomic E-state index is 2.80. The Labute approximate surface area is 114 Å². The van der Waals surface area contributed by atoms with Crippen LogP contribution in [0.1, 0.15) is 27.7 Å². The van der Waals surface area contributed by atoms with Gasteiger partial charge >= 0.3 is 0 Å². The minimum Gasteiger partial charge on any atom is -0.272 e. The van der Waals surface area contributed by atoms with Gasteiger partial charge in [0.25, 0.3) is 0 Å². The van der Waals surface area contributed by atoms with Crippen LogP contribution in [0.2, 0.25) is 13.1 Å². The van der Waals surface area contributed by atoms with Gasteiger partial charge in [-0.3, -0.25) is 8.67 Å². The van der Waals surface area contributed by atoms with Crippen LogP contribution in [0.3, 0.4) is 0 Å². The minimum absolute atomic E-state index is 0.258. The van der Waals surface area contributed by atoms with Gasteiger partial charge in [0.1, 0.15) is 0 Å². The molecule has 100 valence electrons. The molecule has 0 radical (unpaired) electrons. The molecule has 0 saturated carbocycles. The molecule has 1 heterocycles. The van der Waals surface area contributed by atoms with Crippen LogP contribution in [0.25, 0.3) is 0 Å². The Bertz CT molecular complexity index is 388. The van der Waals surface area contributed by atoms with Gasteiger partial charge in [0.05, 0.1) is 8.22 Å². The van der Waals surface area contributed by atoms with Crippen LogP contribution in [0.5, 0.6) is 0 Å². The molecular weight excluding hydrogens is 255 g/mol. The summed E-state index contributed by atoms with van der Waals surface area (Å²) in [6.45, 7) is 14.3. The summed E-state index contributed by atoms with van der Waals surface area (Å²) >= 11 is 0. The fourth-order valence-corrected chi connectivity index (χ4v) is 12.9. The summed E-state index contributed by atoms with van der Waals surface area (Å²) in [7, 11) is -1.64. The predicted molar refractivity (Wildman–Crippen MR) is 84.4 cm³/mol. The van der Waals surface area contributed by atoms with Crippen molar-refractivity contribution in [3.05, 3.63) is 30.3 Å². The molecule has 0 bridgehead atoms. The molecule has 18 heavy (non-hydrogen) atoms. The highest BCUT2D eigenvalue weighted by Crippen LogP contribution is 2.61. The van der Waals surface area contributed by atoms with Gasteiger partial charge in [0, 0.05) is 17.4 Å². The lowest BCUT2D eigenvalue weighted by Gasteiger charge is -2.65. The van der Waals surface area contributed by atoms with E-state index >= 15 is 0 Å². The molecule has 0 N–H and O–H groups in total. The Balaban J connectivity index is 2.37. The van der Waals surface area contributed by atoms with E-state index in [2.05, 4.69) is 79.8 Å². The van der Waals surface area contributed by atoms with Crippen molar-refractivity contribution in [3.8, 4) is 0 Å². The van der Waals surface area contributed by atoms with Crippen molar-refractivity contribution in [1.29, 1.82) is 0 Å². The molecule has 1 aromatic rings. The smallest absolute Gasteiger partial charge is 0.210 e. The third-order valence-electron chi connectivity index (χ3n) is 3.49. The van der Waals surface area contributed by atoms with Gasteiger partial charge in [-0.05, 0) is 13.1 Å². The van der Waals surface area contributed by atoms with Crippen molar-refractivity contribution in [3.63, 3.8) is 0 Å². The van der Waals surface area contributed by atoms with Gasteiger partial charge in [-0.15, -0.1) is 0 Å². The van der Waals surface area contributed by atoms with Crippen molar-refractivity contribution in [1.82, 2.24) is 8.67 Å². The van der Waals surface area contributed by atoms with E-state index in [1.54, 1.807) is 0 Å². The van der Waals surface area contributed by atoms with Crippen molar-refractivity contribution < 1.29 is 0 Å². The predicted octanol–water partition coefficient (Wildman–Crippen LogP) is 3.76. The SMILES string of the molecule is CC(C)N1P(c2ccccc2)N(C(C)C)[Si]1(C)C. The largest absolute Gasteiger partial charge is 0.272 e. The van der Waals surface area contributed by atoms with Crippen molar-refractivity contribution in [2.75, 3.05) is 0 Å². The second-order valence-corrected chi connectivity index (χ2v) is 12.7. The summed E-state index contributed by atoms with van der Waals surface area (Å²) < 4.78 is 5.61. The second-order valence-electron chi connectivity index (χ2n) is 6.00. The lowest BCUT2D eigenvalue weighted by molar-refractivity contribution is 0.374. The Hall–Kier alpha value is -0.213. The summed E-state index contributed by atoms with van der Waals surface area (Å²) in [5.74, 6) is 0. The number of hydrogen-bond acceptors (Lipinski definition) is 2. The van der Waals surface area contributed by atoms with E-state index < -0.39 is 8.40 Å².